The van der Waals surface area contributed by atoms with Crippen LogP contribution in [0.2, 0.25) is 0 Å². The van der Waals surface area contributed by atoms with Crippen molar-refractivity contribution in [1.82, 2.24) is 0 Å². The molecule has 0 fully saturated rings. The molecule has 0 heterocycles. The molecule has 0 aliphatic rings. The third kappa shape index (κ3) is 3.01. The lowest BCUT2D eigenvalue weighted by molar-refractivity contribution is -0.111. The van der Waals surface area contributed by atoms with Gasteiger partial charge in [0.25, 0.3) is 0 Å². The summed E-state index contributed by atoms with van der Waals surface area (Å²) in [4.78, 5) is 21.6. The van der Waals surface area contributed by atoms with E-state index >= 15 is 0 Å². The smallest absolute Gasteiger partial charge is 0.338 e. The maximum Gasteiger partial charge on any atom is 0.338 e. The molecule has 3 nitrogen and oxygen atoms in total. The fourth-order valence-corrected chi connectivity index (χ4v) is 0.904. The summed E-state index contributed by atoms with van der Waals surface area (Å²) in [7, 11) is 0. The average Bonchev–Trinajstić information content (AvgIpc) is 2.26. The van der Waals surface area contributed by atoms with E-state index in [-0.39, 0.29) is 18.5 Å². The molecule has 0 unspecified atom stereocenters. The van der Waals surface area contributed by atoms with Crippen molar-refractivity contribution in [3.8, 4) is 0 Å². The average molecular weight is 192 g/mol. The fraction of sp³-hybridized carbons (Fsp3) is 0.273. The van der Waals surface area contributed by atoms with Crippen molar-refractivity contribution in [2.75, 3.05) is 6.61 Å². The molecule has 0 aliphatic heterocycles. The molecule has 1 rings (SSSR count). The number of benzene rings is 1. The van der Waals surface area contributed by atoms with Crippen molar-refractivity contribution in [3.05, 3.63) is 35.9 Å². The molecule has 0 N–H and O–H groups in total. The highest BCUT2D eigenvalue weighted by Gasteiger charge is 2.07. The van der Waals surface area contributed by atoms with Gasteiger partial charge in [-0.1, -0.05) is 25.1 Å². The van der Waals surface area contributed by atoms with Gasteiger partial charge in [-0.15, -0.1) is 0 Å². The Morgan fingerprint density at radius 3 is 2.64 bits per heavy atom. The first-order valence-electron chi connectivity index (χ1n) is 4.41. The predicted octanol–water partition coefficient (Wildman–Crippen LogP) is 1.68. The summed E-state index contributed by atoms with van der Waals surface area (Å²) < 4.78 is 4.91. The third-order valence-corrected chi connectivity index (χ3v) is 1.72. The molecule has 0 aliphatic carbocycles. The number of hydrogen-bond acceptors (Lipinski definition) is 3. The topological polar surface area (TPSA) is 43.4 Å². The Morgan fingerprint density at radius 1 is 1.43 bits per heavy atom. The van der Waals surface area contributed by atoms with Crippen molar-refractivity contribution in [2.45, 2.75) is 6.92 Å². The molecule has 0 saturated carbocycles. The highest BCUT2D eigenvalue weighted by Crippen LogP contribution is 2.02. The molecule has 1 aromatic carbocycles. The van der Waals surface area contributed by atoms with Crippen LogP contribution in [0.5, 0.6) is 0 Å². The van der Waals surface area contributed by atoms with Crippen LogP contribution in [0, 0.1) is 5.92 Å². The Kier molecular flexibility index (Phi) is 3.85. The van der Waals surface area contributed by atoms with E-state index < -0.39 is 0 Å². The van der Waals surface area contributed by atoms with E-state index in [0.29, 0.717) is 5.56 Å². The molecule has 1 atom stereocenters. The second-order valence-corrected chi connectivity index (χ2v) is 3.08. The second-order valence-electron chi connectivity index (χ2n) is 3.08. The number of esters is 1. The summed E-state index contributed by atoms with van der Waals surface area (Å²) >= 11 is 0. The van der Waals surface area contributed by atoms with E-state index in [1.54, 1.807) is 31.2 Å². The van der Waals surface area contributed by atoms with Crippen LogP contribution >= 0.6 is 0 Å². The zero-order chi connectivity index (χ0) is 10.4. The zero-order valence-corrected chi connectivity index (χ0v) is 7.97. The molecule has 14 heavy (non-hydrogen) atoms. The summed E-state index contributed by atoms with van der Waals surface area (Å²) in [5, 5.41) is 0. The molecule has 0 aromatic heterocycles. The van der Waals surface area contributed by atoms with Crippen LogP contribution < -0.4 is 0 Å². The quantitative estimate of drug-likeness (QED) is 0.538. The highest BCUT2D eigenvalue weighted by atomic mass is 16.5. The van der Waals surface area contributed by atoms with Gasteiger partial charge in [0, 0.05) is 5.92 Å². The van der Waals surface area contributed by atoms with Gasteiger partial charge >= 0.3 is 5.97 Å². The standard InChI is InChI=1S/C11H12O3/c1-9(7-12)8-14-11(13)10-5-3-2-4-6-10/h2-7,9H,8H2,1H3/t9-/m1/s1. The lowest BCUT2D eigenvalue weighted by atomic mass is 10.2. The zero-order valence-electron chi connectivity index (χ0n) is 7.97. The number of carbonyl (C=O) groups is 2. The van der Waals surface area contributed by atoms with Gasteiger partial charge in [0.2, 0.25) is 0 Å². The molecule has 0 bridgehead atoms. The molecule has 0 spiro atoms. The van der Waals surface area contributed by atoms with Crippen molar-refractivity contribution in [1.29, 1.82) is 0 Å². The van der Waals surface area contributed by atoms with E-state index in [0.717, 1.165) is 6.29 Å². The van der Waals surface area contributed by atoms with Gasteiger partial charge in [0.15, 0.2) is 0 Å². The fourth-order valence-electron chi connectivity index (χ4n) is 0.904. The first-order chi connectivity index (χ1) is 6.74. The van der Waals surface area contributed by atoms with Crippen LogP contribution in [0.4, 0.5) is 0 Å². The summed E-state index contributed by atoms with van der Waals surface area (Å²) in [5.41, 5.74) is 0.505. The third-order valence-electron chi connectivity index (χ3n) is 1.72. The summed E-state index contributed by atoms with van der Waals surface area (Å²) in [6.07, 6.45) is 0.762. The van der Waals surface area contributed by atoms with Crippen molar-refractivity contribution >= 4 is 12.3 Å². The number of rotatable bonds is 4. The van der Waals surface area contributed by atoms with E-state index in [1.807, 2.05) is 6.07 Å². The molecule has 0 radical (unpaired) electrons. The Hall–Kier alpha value is -1.64. The SMILES string of the molecule is C[C@H](C=O)COC(=O)c1ccccc1. The number of ether oxygens (including phenoxy) is 1. The van der Waals surface area contributed by atoms with Gasteiger partial charge in [0.1, 0.15) is 12.9 Å². The minimum Gasteiger partial charge on any atom is -0.461 e. The predicted molar refractivity (Wildman–Crippen MR) is 52.0 cm³/mol. The second kappa shape index (κ2) is 5.17. The molecule has 1 aromatic rings. The number of hydrogen-bond donors (Lipinski definition) is 0. The minimum atomic E-state index is -0.390. The lowest BCUT2D eigenvalue weighted by Gasteiger charge is -2.05. The van der Waals surface area contributed by atoms with Crippen LogP contribution in [-0.2, 0) is 9.53 Å². The molecule has 74 valence electrons. The van der Waals surface area contributed by atoms with E-state index in [9.17, 15) is 9.59 Å². The maximum atomic E-state index is 11.3. The Bertz CT molecular complexity index is 306. The van der Waals surface area contributed by atoms with Crippen LogP contribution in [-0.4, -0.2) is 18.9 Å². The Morgan fingerprint density at radius 2 is 2.07 bits per heavy atom. The lowest BCUT2D eigenvalue weighted by Crippen LogP contribution is -2.12. The van der Waals surface area contributed by atoms with Crippen LogP contribution in [0.1, 0.15) is 17.3 Å². The minimum absolute atomic E-state index is 0.136. The van der Waals surface area contributed by atoms with E-state index in [2.05, 4.69) is 0 Å². The Labute approximate surface area is 82.7 Å². The molecular formula is C11H12O3. The van der Waals surface area contributed by atoms with Gasteiger partial charge in [-0.05, 0) is 12.1 Å². The molecule has 0 amide bonds. The van der Waals surface area contributed by atoms with Crippen molar-refractivity contribution in [3.63, 3.8) is 0 Å². The van der Waals surface area contributed by atoms with Crippen molar-refractivity contribution < 1.29 is 14.3 Å². The largest absolute Gasteiger partial charge is 0.461 e. The monoisotopic (exact) mass is 192 g/mol. The van der Waals surface area contributed by atoms with Gasteiger partial charge in [-0.25, -0.2) is 4.79 Å². The summed E-state index contributed by atoms with van der Waals surface area (Å²) in [5.74, 6) is -0.637. The van der Waals surface area contributed by atoms with Gasteiger partial charge in [-0.3, -0.25) is 0 Å². The molecule has 0 saturated heterocycles. The van der Waals surface area contributed by atoms with Gasteiger partial charge in [0.05, 0.1) is 5.56 Å². The van der Waals surface area contributed by atoms with E-state index in [1.165, 1.54) is 0 Å². The van der Waals surface area contributed by atoms with Gasteiger partial charge < -0.3 is 9.53 Å². The maximum absolute atomic E-state index is 11.3. The summed E-state index contributed by atoms with van der Waals surface area (Å²) in [6, 6.07) is 8.70. The first-order valence-corrected chi connectivity index (χ1v) is 4.41. The first kappa shape index (κ1) is 10.4. The Balaban J connectivity index is 2.47. The number of aldehydes is 1. The van der Waals surface area contributed by atoms with Crippen LogP contribution in [0.3, 0.4) is 0 Å². The number of carbonyl (C=O) groups excluding carboxylic acids is 2. The van der Waals surface area contributed by atoms with Gasteiger partial charge in [-0.2, -0.15) is 0 Å². The normalized spacial score (nSPS) is 11.8. The van der Waals surface area contributed by atoms with Crippen LogP contribution in [0.25, 0.3) is 0 Å². The van der Waals surface area contributed by atoms with Crippen LogP contribution in [0.15, 0.2) is 30.3 Å². The highest BCUT2D eigenvalue weighted by molar-refractivity contribution is 5.89. The molecular weight excluding hydrogens is 180 g/mol. The van der Waals surface area contributed by atoms with Crippen molar-refractivity contribution in [2.24, 2.45) is 5.92 Å². The summed E-state index contributed by atoms with van der Waals surface area (Å²) in [6.45, 7) is 1.84. The van der Waals surface area contributed by atoms with E-state index in [4.69, 9.17) is 4.74 Å². The molecule has 3 heteroatoms.